The van der Waals surface area contributed by atoms with E-state index < -0.39 is 11.9 Å². The van der Waals surface area contributed by atoms with Crippen molar-refractivity contribution in [2.75, 3.05) is 16.9 Å². The molecule has 4 nitrogen and oxygen atoms in total. The van der Waals surface area contributed by atoms with E-state index in [0.29, 0.717) is 17.2 Å². The molecule has 3 rings (SSSR count). The zero-order valence-corrected chi connectivity index (χ0v) is 13.1. The van der Waals surface area contributed by atoms with E-state index in [1.807, 2.05) is 5.38 Å². The number of para-hydroxylation sites is 1. The average Bonchev–Trinajstić information content (AvgIpc) is 3.20. The molecule has 114 valence electrons. The van der Waals surface area contributed by atoms with E-state index in [9.17, 15) is 14.0 Å². The molecule has 0 radical (unpaired) electrons. The molecule has 2 heterocycles. The van der Waals surface area contributed by atoms with Crippen molar-refractivity contribution in [3.63, 3.8) is 0 Å². The van der Waals surface area contributed by atoms with Crippen LogP contribution in [0.15, 0.2) is 41.1 Å². The van der Waals surface area contributed by atoms with Crippen LogP contribution in [-0.4, -0.2) is 34.4 Å². The molecule has 2 amide bonds. The number of thiophene rings is 1. The molecule has 1 aliphatic heterocycles. The van der Waals surface area contributed by atoms with Gasteiger partial charge in [-0.15, -0.1) is 11.8 Å². The smallest absolute Gasteiger partial charge is 0.256 e. The van der Waals surface area contributed by atoms with Gasteiger partial charge in [0.2, 0.25) is 5.91 Å². The Balaban J connectivity index is 1.74. The number of nitrogens with one attached hydrogen (secondary N) is 1. The largest absolute Gasteiger partial charge is 0.322 e. The van der Waals surface area contributed by atoms with E-state index in [1.54, 1.807) is 23.6 Å². The molecule has 1 saturated heterocycles. The summed E-state index contributed by atoms with van der Waals surface area (Å²) in [5.41, 5.74) is 0.712. The van der Waals surface area contributed by atoms with Gasteiger partial charge in [0.05, 0.1) is 17.1 Å². The first-order valence-corrected chi connectivity index (χ1v) is 8.73. The van der Waals surface area contributed by atoms with Crippen molar-refractivity contribution >= 4 is 40.6 Å². The van der Waals surface area contributed by atoms with Crippen molar-refractivity contribution < 1.29 is 14.0 Å². The number of halogens is 1. The van der Waals surface area contributed by atoms with Crippen LogP contribution in [0.4, 0.5) is 10.1 Å². The van der Waals surface area contributed by atoms with E-state index in [2.05, 4.69) is 5.32 Å². The summed E-state index contributed by atoms with van der Waals surface area (Å²) in [6, 6.07) is 7.14. The van der Waals surface area contributed by atoms with Crippen molar-refractivity contribution in [1.29, 1.82) is 0 Å². The number of benzene rings is 1. The summed E-state index contributed by atoms with van der Waals surface area (Å²) < 4.78 is 13.6. The van der Waals surface area contributed by atoms with Gasteiger partial charge in [-0.2, -0.15) is 11.3 Å². The van der Waals surface area contributed by atoms with Gasteiger partial charge in [0.1, 0.15) is 11.9 Å². The van der Waals surface area contributed by atoms with Crippen LogP contribution in [0.3, 0.4) is 0 Å². The van der Waals surface area contributed by atoms with Crippen LogP contribution >= 0.6 is 23.1 Å². The van der Waals surface area contributed by atoms with E-state index in [1.165, 1.54) is 40.1 Å². The van der Waals surface area contributed by atoms with Crippen LogP contribution in [0.2, 0.25) is 0 Å². The maximum absolute atomic E-state index is 13.6. The Morgan fingerprint density at radius 2 is 2.09 bits per heavy atom. The summed E-state index contributed by atoms with van der Waals surface area (Å²) in [4.78, 5) is 26.3. The minimum Gasteiger partial charge on any atom is -0.322 e. The molecular weight excluding hydrogens is 323 g/mol. The Kier molecular flexibility index (Phi) is 4.44. The molecule has 2 aromatic rings. The molecule has 1 N–H and O–H groups in total. The molecule has 1 aliphatic rings. The van der Waals surface area contributed by atoms with Crippen LogP contribution < -0.4 is 5.32 Å². The topological polar surface area (TPSA) is 49.4 Å². The quantitative estimate of drug-likeness (QED) is 0.937. The maximum Gasteiger partial charge on any atom is 0.256 e. The van der Waals surface area contributed by atoms with Crippen LogP contribution in [0.1, 0.15) is 10.4 Å². The van der Waals surface area contributed by atoms with E-state index in [0.717, 1.165) is 0 Å². The van der Waals surface area contributed by atoms with E-state index >= 15 is 0 Å². The number of anilines is 1. The van der Waals surface area contributed by atoms with Gasteiger partial charge in [-0.05, 0) is 23.6 Å². The molecule has 1 fully saturated rings. The summed E-state index contributed by atoms with van der Waals surface area (Å²) >= 11 is 2.95. The van der Waals surface area contributed by atoms with Crippen molar-refractivity contribution in [3.05, 3.63) is 52.5 Å². The van der Waals surface area contributed by atoms with Gasteiger partial charge in [0.25, 0.3) is 5.91 Å². The predicted molar refractivity (Wildman–Crippen MR) is 86.6 cm³/mol. The molecule has 1 aromatic heterocycles. The zero-order chi connectivity index (χ0) is 15.5. The fourth-order valence-electron chi connectivity index (χ4n) is 2.19. The van der Waals surface area contributed by atoms with Crippen LogP contribution in [-0.2, 0) is 4.79 Å². The summed E-state index contributed by atoms with van der Waals surface area (Å²) in [6.45, 7) is 0. The normalized spacial score (nSPS) is 17.5. The second-order valence-corrected chi connectivity index (χ2v) is 6.55. The van der Waals surface area contributed by atoms with Gasteiger partial charge in [-0.25, -0.2) is 4.39 Å². The third-order valence-electron chi connectivity index (χ3n) is 3.35. The maximum atomic E-state index is 13.6. The van der Waals surface area contributed by atoms with Crippen molar-refractivity contribution in [2.45, 2.75) is 6.04 Å². The van der Waals surface area contributed by atoms with Crippen LogP contribution in [0, 0.1) is 5.82 Å². The molecule has 22 heavy (non-hydrogen) atoms. The highest BCUT2D eigenvalue weighted by molar-refractivity contribution is 7.99. The van der Waals surface area contributed by atoms with Crippen LogP contribution in [0.25, 0.3) is 0 Å². The van der Waals surface area contributed by atoms with Gasteiger partial charge in [0.15, 0.2) is 0 Å². The highest BCUT2D eigenvalue weighted by Gasteiger charge is 2.35. The number of amides is 2. The summed E-state index contributed by atoms with van der Waals surface area (Å²) in [5, 5.41) is 6.15. The van der Waals surface area contributed by atoms with E-state index in [-0.39, 0.29) is 17.5 Å². The molecule has 1 aromatic carbocycles. The van der Waals surface area contributed by atoms with Gasteiger partial charge in [0, 0.05) is 11.1 Å². The SMILES string of the molecule is O=C(Nc1ccccc1F)[C@H]1CSCN1C(=O)c1ccsc1. The Morgan fingerprint density at radius 1 is 1.27 bits per heavy atom. The Bertz CT molecular complexity index is 691. The summed E-state index contributed by atoms with van der Waals surface area (Å²) in [6.07, 6.45) is 0. The molecule has 0 saturated carbocycles. The molecular formula is C15H13FN2O2S2. The fraction of sp³-hybridized carbons (Fsp3) is 0.200. The Morgan fingerprint density at radius 3 is 2.82 bits per heavy atom. The Labute approximate surface area is 135 Å². The van der Waals surface area contributed by atoms with E-state index in [4.69, 9.17) is 0 Å². The van der Waals surface area contributed by atoms with Crippen LogP contribution in [0.5, 0.6) is 0 Å². The molecule has 1 atom stereocenters. The first-order chi connectivity index (χ1) is 10.7. The first kappa shape index (κ1) is 15.1. The van der Waals surface area contributed by atoms with Crippen molar-refractivity contribution in [2.24, 2.45) is 0 Å². The molecule has 7 heteroatoms. The predicted octanol–water partition coefficient (Wildman–Crippen LogP) is 3.04. The highest BCUT2D eigenvalue weighted by atomic mass is 32.2. The lowest BCUT2D eigenvalue weighted by Gasteiger charge is -2.22. The lowest BCUT2D eigenvalue weighted by Crippen LogP contribution is -2.44. The molecule has 0 spiro atoms. The van der Waals surface area contributed by atoms with Gasteiger partial charge in [-0.1, -0.05) is 12.1 Å². The number of rotatable bonds is 3. The first-order valence-electron chi connectivity index (χ1n) is 6.63. The molecule has 0 bridgehead atoms. The third-order valence-corrected chi connectivity index (χ3v) is 5.04. The van der Waals surface area contributed by atoms with Crippen molar-refractivity contribution in [1.82, 2.24) is 4.90 Å². The van der Waals surface area contributed by atoms with Gasteiger partial charge >= 0.3 is 0 Å². The third kappa shape index (κ3) is 3.00. The molecule has 0 unspecified atom stereocenters. The Hall–Kier alpha value is -1.86. The summed E-state index contributed by atoms with van der Waals surface area (Å²) in [7, 11) is 0. The van der Waals surface area contributed by atoms with Gasteiger partial charge < -0.3 is 10.2 Å². The number of carbonyl (C=O) groups is 2. The average molecular weight is 336 g/mol. The number of hydrogen-bond donors (Lipinski definition) is 1. The lowest BCUT2D eigenvalue weighted by atomic mass is 10.2. The fourth-order valence-corrected chi connectivity index (χ4v) is 3.97. The minimum atomic E-state index is -0.586. The molecule has 0 aliphatic carbocycles. The monoisotopic (exact) mass is 336 g/mol. The number of nitrogens with zero attached hydrogens (tertiary/aromatic N) is 1. The highest BCUT2D eigenvalue weighted by Crippen LogP contribution is 2.25. The standard InChI is InChI=1S/C15H13FN2O2S2/c16-11-3-1-2-4-12(11)17-14(19)13-8-22-9-18(13)15(20)10-5-6-21-7-10/h1-7,13H,8-9H2,(H,17,19)/t13-/m1/s1. The number of hydrogen-bond acceptors (Lipinski definition) is 4. The summed E-state index contributed by atoms with van der Waals surface area (Å²) in [5.74, 6) is -0.0453. The zero-order valence-electron chi connectivity index (χ0n) is 11.5. The number of carbonyl (C=O) groups excluding carboxylic acids is 2. The lowest BCUT2D eigenvalue weighted by molar-refractivity contribution is -0.119. The second-order valence-electron chi connectivity index (χ2n) is 4.77. The van der Waals surface area contributed by atoms with Crippen molar-refractivity contribution in [3.8, 4) is 0 Å². The number of thioether (sulfide) groups is 1. The second kappa shape index (κ2) is 6.50. The van der Waals surface area contributed by atoms with Gasteiger partial charge in [-0.3, -0.25) is 9.59 Å². The minimum absolute atomic E-state index is 0.132.